The van der Waals surface area contributed by atoms with Crippen molar-refractivity contribution in [3.8, 4) is 11.3 Å². The van der Waals surface area contributed by atoms with Crippen LogP contribution in [0, 0.1) is 5.92 Å². The quantitative estimate of drug-likeness (QED) is 0.805. The molecule has 4 rings (SSSR count). The SMILES string of the molecule is O=C(NCc1cn[nH]c1-c1ccc(Cl)cc1)C1CCC(=O)N(C2CCCC2)C1. The van der Waals surface area contributed by atoms with Crippen molar-refractivity contribution in [1.29, 1.82) is 0 Å². The molecule has 1 aromatic carbocycles. The molecule has 2 fully saturated rings. The molecular formula is C21H25ClN4O2. The first-order valence-corrected chi connectivity index (χ1v) is 10.3. The van der Waals surface area contributed by atoms with Gasteiger partial charge in [0.1, 0.15) is 0 Å². The summed E-state index contributed by atoms with van der Waals surface area (Å²) in [5, 5.41) is 10.8. The van der Waals surface area contributed by atoms with E-state index >= 15 is 0 Å². The number of piperidine rings is 1. The van der Waals surface area contributed by atoms with Crippen LogP contribution in [0.4, 0.5) is 0 Å². The van der Waals surface area contributed by atoms with Gasteiger partial charge in [-0.1, -0.05) is 36.6 Å². The van der Waals surface area contributed by atoms with E-state index < -0.39 is 0 Å². The third-order valence-electron chi connectivity index (χ3n) is 5.88. The summed E-state index contributed by atoms with van der Waals surface area (Å²) in [4.78, 5) is 27.0. The van der Waals surface area contributed by atoms with Gasteiger partial charge in [0.25, 0.3) is 0 Å². The van der Waals surface area contributed by atoms with Crippen LogP contribution in [0.25, 0.3) is 11.3 Å². The van der Waals surface area contributed by atoms with Gasteiger partial charge in [-0.3, -0.25) is 14.7 Å². The lowest BCUT2D eigenvalue weighted by atomic mass is 9.94. The maximum atomic E-state index is 12.8. The maximum absolute atomic E-state index is 12.8. The number of aromatic amines is 1. The van der Waals surface area contributed by atoms with Crippen LogP contribution in [0.15, 0.2) is 30.5 Å². The van der Waals surface area contributed by atoms with Crippen molar-refractivity contribution < 1.29 is 9.59 Å². The number of benzene rings is 1. The second kappa shape index (κ2) is 8.35. The number of rotatable bonds is 5. The molecular weight excluding hydrogens is 376 g/mol. The Morgan fingerprint density at radius 1 is 1.21 bits per heavy atom. The van der Waals surface area contributed by atoms with Crippen molar-refractivity contribution >= 4 is 23.4 Å². The average Bonchev–Trinajstić information content (AvgIpc) is 3.39. The standard InChI is InChI=1S/C21H25ClN4O2/c22-17-8-5-14(6-9-17)20-16(12-24-25-20)11-23-21(28)15-7-10-19(27)26(13-15)18-3-1-2-4-18/h5-6,8-9,12,15,18H,1-4,7,10-11,13H2,(H,23,28)(H,24,25). The molecule has 2 amide bonds. The van der Waals surface area contributed by atoms with Gasteiger partial charge in [-0.05, 0) is 37.0 Å². The van der Waals surface area contributed by atoms with Crippen LogP contribution >= 0.6 is 11.6 Å². The molecule has 1 saturated heterocycles. The number of aromatic nitrogens is 2. The number of amides is 2. The van der Waals surface area contributed by atoms with Gasteiger partial charge in [0, 0.05) is 36.1 Å². The van der Waals surface area contributed by atoms with Crippen LogP contribution in [-0.4, -0.2) is 39.5 Å². The molecule has 0 bridgehead atoms. The summed E-state index contributed by atoms with van der Waals surface area (Å²) >= 11 is 5.96. The van der Waals surface area contributed by atoms with E-state index in [1.807, 2.05) is 29.2 Å². The summed E-state index contributed by atoms with van der Waals surface area (Å²) in [6.45, 7) is 0.950. The van der Waals surface area contributed by atoms with Crippen LogP contribution in [0.3, 0.4) is 0 Å². The van der Waals surface area contributed by atoms with Gasteiger partial charge in [0.05, 0.1) is 17.8 Å². The second-order valence-electron chi connectivity index (χ2n) is 7.71. The van der Waals surface area contributed by atoms with E-state index in [1.54, 1.807) is 6.20 Å². The predicted octanol–water partition coefficient (Wildman–Crippen LogP) is 3.53. The molecule has 2 aliphatic rings. The van der Waals surface area contributed by atoms with Crippen molar-refractivity contribution in [2.45, 2.75) is 51.1 Å². The number of H-pyrrole nitrogens is 1. The first-order chi connectivity index (χ1) is 13.6. The number of nitrogens with one attached hydrogen (secondary N) is 2. The number of hydrogen-bond donors (Lipinski definition) is 2. The molecule has 2 aromatic rings. The van der Waals surface area contributed by atoms with Crippen molar-refractivity contribution in [3.63, 3.8) is 0 Å². The van der Waals surface area contributed by atoms with E-state index in [2.05, 4.69) is 15.5 Å². The number of nitrogens with zero attached hydrogens (tertiary/aromatic N) is 2. The predicted molar refractivity (Wildman–Crippen MR) is 108 cm³/mol. The Morgan fingerprint density at radius 3 is 2.71 bits per heavy atom. The maximum Gasteiger partial charge on any atom is 0.225 e. The Balaban J connectivity index is 1.38. The lowest BCUT2D eigenvalue weighted by molar-refractivity contribution is -0.140. The van der Waals surface area contributed by atoms with Crippen LogP contribution in [0.5, 0.6) is 0 Å². The van der Waals surface area contributed by atoms with E-state index in [4.69, 9.17) is 11.6 Å². The fourth-order valence-electron chi connectivity index (χ4n) is 4.29. The van der Waals surface area contributed by atoms with E-state index in [1.165, 1.54) is 12.8 Å². The summed E-state index contributed by atoms with van der Waals surface area (Å²) in [6, 6.07) is 7.84. The van der Waals surface area contributed by atoms with Gasteiger partial charge < -0.3 is 10.2 Å². The summed E-state index contributed by atoms with van der Waals surface area (Å²) in [7, 11) is 0. The number of carbonyl (C=O) groups excluding carboxylic acids is 2. The molecule has 2 heterocycles. The summed E-state index contributed by atoms with van der Waals surface area (Å²) in [5.41, 5.74) is 2.78. The minimum absolute atomic E-state index is 0.0127. The Labute approximate surface area is 169 Å². The minimum atomic E-state index is -0.135. The first kappa shape index (κ1) is 19.0. The van der Waals surface area contributed by atoms with Crippen LogP contribution in [0.1, 0.15) is 44.1 Å². The smallest absolute Gasteiger partial charge is 0.225 e. The van der Waals surface area contributed by atoms with Crippen molar-refractivity contribution in [1.82, 2.24) is 20.4 Å². The van der Waals surface area contributed by atoms with Gasteiger partial charge >= 0.3 is 0 Å². The fraction of sp³-hybridized carbons (Fsp3) is 0.476. The summed E-state index contributed by atoms with van der Waals surface area (Å²) in [6.07, 6.45) is 7.33. The fourth-order valence-corrected chi connectivity index (χ4v) is 4.42. The zero-order valence-electron chi connectivity index (χ0n) is 15.8. The Hall–Kier alpha value is -2.34. The number of likely N-dealkylation sites (tertiary alicyclic amines) is 1. The van der Waals surface area contributed by atoms with Crippen molar-refractivity contribution in [2.75, 3.05) is 6.54 Å². The molecule has 148 valence electrons. The number of carbonyl (C=O) groups is 2. The molecule has 1 saturated carbocycles. The lowest BCUT2D eigenvalue weighted by Crippen LogP contribution is -2.49. The highest BCUT2D eigenvalue weighted by Crippen LogP contribution is 2.29. The number of halogens is 1. The molecule has 1 unspecified atom stereocenters. The molecule has 0 spiro atoms. The minimum Gasteiger partial charge on any atom is -0.352 e. The highest BCUT2D eigenvalue weighted by Gasteiger charge is 2.35. The van der Waals surface area contributed by atoms with Gasteiger partial charge in [-0.2, -0.15) is 5.10 Å². The third-order valence-corrected chi connectivity index (χ3v) is 6.14. The first-order valence-electron chi connectivity index (χ1n) is 9.97. The van der Waals surface area contributed by atoms with Crippen LogP contribution in [-0.2, 0) is 16.1 Å². The number of hydrogen-bond acceptors (Lipinski definition) is 3. The summed E-state index contributed by atoms with van der Waals surface area (Å²) in [5.74, 6) is 0.0822. The van der Waals surface area contributed by atoms with E-state index in [0.29, 0.717) is 37.0 Å². The summed E-state index contributed by atoms with van der Waals surface area (Å²) < 4.78 is 0. The Morgan fingerprint density at radius 2 is 1.96 bits per heavy atom. The molecule has 1 aromatic heterocycles. The topological polar surface area (TPSA) is 78.1 Å². The van der Waals surface area contributed by atoms with Crippen LogP contribution in [0.2, 0.25) is 5.02 Å². The van der Waals surface area contributed by atoms with Crippen molar-refractivity contribution in [2.24, 2.45) is 5.92 Å². The average molecular weight is 401 g/mol. The van der Waals surface area contributed by atoms with Gasteiger partial charge in [-0.15, -0.1) is 0 Å². The van der Waals surface area contributed by atoms with Gasteiger partial charge in [0.2, 0.25) is 11.8 Å². The Bertz CT molecular complexity index is 842. The Kier molecular flexibility index (Phi) is 5.67. The highest BCUT2D eigenvalue weighted by atomic mass is 35.5. The molecule has 1 aliphatic carbocycles. The largest absolute Gasteiger partial charge is 0.352 e. The van der Waals surface area contributed by atoms with Gasteiger partial charge in [-0.25, -0.2) is 0 Å². The monoisotopic (exact) mass is 400 g/mol. The molecule has 28 heavy (non-hydrogen) atoms. The molecule has 1 aliphatic heterocycles. The van der Waals surface area contributed by atoms with E-state index in [0.717, 1.165) is 29.7 Å². The second-order valence-corrected chi connectivity index (χ2v) is 8.15. The molecule has 7 heteroatoms. The zero-order chi connectivity index (χ0) is 19.5. The molecule has 6 nitrogen and oxygen atoms in total. The lowest BCUT2D eigenvalue weighted by Gasteiger charge is -2.36. The molecule has 1 atom stereocenters. The zero-order valence-corrected chi connectivity index (χ0v) is 16.5. The van der Waals surface area contributed by atoms with Crippen LogP contribution < -0.4 is 5.32 Å². The molecule has 2 N–H and O–H groups in total. The third kappa shape index (κ3) is 4.07. The van der Waals surface area contributed by atoms with Gasteiger partial charge in [0.15, 0.2) is 0 Å². The normalized spacial score (nSPS) is 20.5. The van der Waals surface area contributed by atoms with E-state index in [-0.39, 0.29) is 17.7 Å². The van der Waals surface area contributed by atoms with Crippen molar-refractivity contribution in [3.05, 3.63) is 41.0 Å². The highest BCUT2D eigenvalue weighted by molar-refractivity contribution is 6.30. The van der Waals surface area contributed by atoms with E-state index in [9.17, 15) is 9.59 Å². The molecule has 0 radical (unpaired) electrons.